The van der Waals surface area contributed by atoms with Crippen molar-refractivity contribution in [2.24, 2.45) is 16.6 Å². The number of nitrogens with two attached hydrogens (primary N) is 1. The molecule has 0 amide bonds. The van der Waals surface area contributed by atoms with Gasteiger partial charge in [0, 0.05) is 12.4 Å². The van der Waals surface area contributed by atoms with E-state index in [1.165, 1.54) is 6.20 Å². The van der Waals surface area contributed by atoms with Crippen LogP contribution in [0.1, 0.15) is 6.42 Å². The summed E-state index contributed by atoms with van der Waals surface area (Å²) in [5.74, 6) is 0.502. The lowest BCUT2D eigenvalue weighted by Gasteiger charge is -2.05. The minimum absolute atomic E-state index is 0.502. The van der Waals surface area contributed by atoms with E-state index in [1.807, 2.05) is 6.08 Å². The van der Waals surface area contributed by atoms with Gasteiger partial charge in [-0.25, -0.2) is 4.99 Å². The Morgan fingerprint density at radius 3 is 3.00 bits per heavy atom. The SMILES string of the molecule is N\C=C/N=C(I)\C=C/C1C=CC=CC1. The fraction of sp³-hybridized carbons (Fsp3) is 0.182. The van der Waals surface area contributed by atoms with Gasteiger partial charge in [-0.3, -0.25) is 0 Å². The standard InChI is InChI=1S/C11H13IN2/c12-11(14-9-8-13)7-6-10-4-2-1-3-5-10/h1-4,6-10H,5,13H2/b7-6-,9-8-,14-11+. The van der Waals surface area contributed by atoms with E-state index in [2.05, 4.69) is 58.0 Å². The first-order chi connectivity index (χ1) is 6.83. The van der Waals surface area contributed by atoms with Gasteiger partial charge in [0.15, 0.2) is 0 Å². The molecule has 0 radical (unpaired) electrons. The number of allylic oxidation sites excluding steroid dienone is 6. The summed E-state index contributed by atoms with van der Waals surface area (Å²) in [5, 5.41) is 0. The molecule has 0 aromatic heterocycles. The predicted molar refractivity (Wildman–Crippen MR) is 70.3 cm³/mol. The quantitative estimate of drug-likeness (QED) is 0.631. The van der Waals surface area contributed by atoms with Crippen molar-refractivity contribution in [1.82, 2.24) is 0 Å². The van der Waals surface area contributed by atoms with Crippen LogP contribution in [0.25, 0.3) is 0 Å². The van der Waals surface area contributed by atoms with Crippen LogP contribution in [0.3, 0.4) is 0 Å². The van der Waals surface area contributed by atoms with Crippen LogP contribution in [0.4, 0.5) is 0 Å². The van der Waals surface area contributed by atoms with Gasteiger partial charge in [-0.05, 0) is 41.0 Å². The monoisotopic (exact) mass is 300 g/mol. The lowest BCUT2D eigenvalue weighted by molar-refractivity contribution is 0.823. The average Bonchev–Trinajstić information content (AvgIpc) is 2.25. The molecule has 0 aromatic carbocycles. The Morgan fingerprint density at radius 1 is 1.50 bits per heavy atom. The molecule has 74 valence electrons. The first-order valence-corrected chi connectivity index (χ1v) is 5.52. The number of halogens is 1. The Bertz CT molecular complexity index is 311. The van der Waals surface area contributed by atoms with Crippen molar-refractivity contribution in [1.29, 1.82) is 0 Å². The molecule has 2 N–H and O–H groups in total. The number of hydrogen-bond acceptors (Lipinski definition) is 2. The van der Waals surface area contributed by atoms with Gasteiger partial charge in [-0.1, -0.05) is 30.4 Å². The van der Waals surface area contributed by atoms with Crippen LogP contribution in [0.15, 0.2) is 53.8 Å². The predicted octanol–water partition coefficient (Wildman–Crippen LogP) is 2.94. The van der Waals surface area contributed by atoms with Crippen molar-refractivity contribution in [3.05, 3.63) is 48.9 Å². The summed E-state index contributed by atoms with van der Waals surface area (Å²) in [6.45, 7) is 0. The maximum absolute atomic E-state index is 5.18. The second kappa shape index (κ2) is 6.59. The molecule has 0 saturated heterocycles. The van der Waals surface area contributed by atoms with Gasteiger partial charge in [0.25, 0.3) is 0 Å². The molecule has 0 spiro atoms. The molecule has 1 rings (SSSR count). The third-order valence-electron chi connectivity index (χ3n) is 1.78. The zero-order chi connectivity index (χ0) is 10.2. The lowest BCUT2D eigenvalue weighted by Crippen LogP contribution is -1.93. The number of nitrogens with zero attached hydrogens (tertiary/aromatic N) is 1. The van der Waals surface area contributed by atoms with Gasteiger partial charge in [-0.2, -0.15) is 0 Å². The van der Waals surface area contributed by atoms with Crippen molar-refractivity contribution in [2.45, 2.75) is 6.42 Å². The summed E-state index contributed by atoms with van der Waals surface area (Å²) in [6, 6.07) is 0. The van der Waals surface area contributed by atoms with E-state index in [-0.39, 0.29) is 0 Å². The van der Waals surface area contributed by atoms with Gasteiger partial charge in [0.1, 0.15) is 3.72 Å². The summed E-state index contributed by atoms with van der Waals surface area (Å²) in [5.41, 5.74) is 5.18. The Morgan fingerprint density at radius 2 is 2.36 bits per heavy atom. The summed E-state index contributed by atoms with van der Waals surface area (Å²) < 4.78 is 0.937. The van der Waals surface area contributed by atoms with Crippen LogP contribution >= 0.6 is 22.6 Å². The van der Waals surface area contributed by atoms with Gasteiger partial charge in [-0.15, -0.1) is 0 Å². The van der Waals surface area contributed by atoms with E-state index >= 15 is 0 Å². The highest BCUT2D eigenvalue weighted by Gasteiger charge is 1.99. The van der Waals surface area contributed by atoms with Crippen LogP contribution in [-0.4, -0.2) is 3.72 Å². The minimum atomic E-state index is 0.502. The first-order valence-electron chi connectivity index (χ1n) is 4.44. The Labute approximate surface area is 98.1 Å². The van der Waals surface area contributed by atoms with Gasteiger partial charge in [0.2, 0.25) is 0 Å². The molecule has 3 heteroatoms. The van der Waals surface area contributed by atoms with Gasteiger partial charge < -0.3 is 5.73 Å². The topological polar surface area (TPSA) is 38.4 Å². The molecule has 0 saturated carbocycles. The molecule has 0 heterocycles. The maximum atomic E-state index is 5.18. The van der Waals surface area contributed by atoms with Crippen molar-refractivity contribution in [3.8, 4) is 0 Å². The van der Waals surface area contributed by atoms with Crippen molar-refractivity contribution < 1.29 is 0 Å². The zero-order valence-electron chi connectivity index (χ0n) is 7.81. The first kappa shape index (κ1) is 11.2. The van der Waals surface area contributed by atoms with Crippen molar-refractivity contribution in [2.75, 3.05) is 0 Å². The second-order valence-electron chi connectivity index (χ2n) is 2.87. The molecule has 1 atom stereocenters. The Kier molecular flexibility index (Phi) is 5.29. The van der Waals surface area contributed by atoms with Crippen LogP contribution in [0.5, 0.6) is 0 Å². The molecular weight excluding hydrogens is 287 g/mol. The molecule has 1 unspecified atom stereocenters. The van der Waals surface area contributed by atoms with Gasteiger partial charge >= 0.3 is 0 Å². The largest absolute Gasteiger partial charge is 0.403 e. The van der Waals surface area contributed by atoms with Crippen LogP contribution in [0, 0.1) is 5.92 Å². The molecule has 0 bridgehead atoms. The summed E-state index contributed by atoms with van der Waals surface area (Å²) in [6.07, 6.45) is 16.7. The average molecular weight is 300 g/mol. The van der Waals surface area contributed by atoms with Crippen LogP contribution in [-0.2, 0) is 0 Å². The highest BCUT2D eigenvalue weighted by Crippen LogP contribution is 2.13. The van der Waals surface area contributed by atoms with E-state index in [0.717, 1.165) is 10.1 Å². The highest BCUT2D eigenvalue weighted by molar-refractivity contribution is 14.1. The van der Waals surface area contributed by atoms with E-state index in [4.69, 9.17) is 5.73 Å². The van der Waals surface area contributed by atoms with Crippen LogP contribution in [0.2, 0.25) is 0 Å². The third-order valence-corrected chi connectivity index (χ3v) is 2.42. The van der Waals surface area contributed by atoms with Crippen molar-refractivity contribution >= 4 is 26.3 Å². The van der Waals surface area contributed by atoms with E-state index in [0.29, 0.717) is 5.92 Å². The minimum Gasteiger partial charge on any atom is -0.403 e. The number of rotatable bonds is 3. The maximum Gasteiger partial charge on any atom is 0.101 e. The molecule has 1 aliphatic carbocycles. The summed E-state index contributed by atoms with van der Waals surface area (Å²) in [7, 11) is 0. The second-order valence-corrected chi connectivity index (χ2v) is 3.97. The van der Waals surface area contributed by atoms with Gasteiger partial charge in [0.05, 0.1) is 0 Å². The molecule has 0 fully saturated rings. The van der Waals surface area contributed by atoms with Crippen molar-refractivity contribution in [3.63, 3.8) is 0 Å². The van der Waals surface area contributed by atoms with Crippen LogP contribution < -0.4 is 5.73 Å². The number of aliphatic imine (C=N–C) groups is 1. The normalized spacial score (nSPS) is 22.6. The summed E-state index contributed by atoms with van der Waals surface area (Å²) >= 11 is 2.18. The highest BCUT2D eigenvalue weighted by atomic mass is 127. The van der Waals surface area contributed by atoms with E-state index in [1.54, 1.807) is 6.20 Å². The zero-order valence-corrected chi connectivity index (χ0v) is 9.96. The fourth-order valence-electron chi connectivity index (χ4n) is 1.10. The fourth-order valence-corrected chi connectivity index (χ4v) is 1.47. The third kappa shape index (κ3) is 4.41. The molecule has 0 aliphatic heterocycles. The molecule has 0 aromatic rings. The summed E-state index contributed by atoms with van der Waals surface area (Å²) in [4.78, 5) is 4.10. The Hall–Kier alpha value is -0.840. The molecule has 14 heavy (non-hydrogen) atoms. The van der Waals surface area contributed by atoms with E-state index in [9.17, 15) is 0 Å². The molecule has 2 nitrogen and oxygen atoms in total. The smallest absolute Gasteiger partial charge is 0.101 e. The van der Waals surface area contributed by atoms with E-state index < -0.39 is 0 Å². The number of hydrogen-bond donors (Lipinski definition) is 1. The lowest BCUT2D eigenvalue weighted by atomic mass is 10.0. The molecule has 1 aliphatic rings. The Balaban J connectivity index is 2.46. The molecular formula is C11H13IN2.